The van der Waals surface area contributed by atoms with E-state index in [9.17, 15) is 10.1 Å². The van der Waals surface area contributed by atoms with Gasteiger partial charge in [-0.2, -0.15) is 5.26 Å². The van der Waals surface area contributed by atoms with Crippen LogP contribution in [0, 0.1) is 34.9 Å². The normalized spacial score (nSPS) is 22.4. The molecule has 4 aromatic heterocycles. The van der Waals surface area contributed by atoms with Crippen molar-refractivity contribution in [2.45, 2.75) is 38.6 Å². The molecule has 0 saturated heterocycles. The van der Waals surface area contributed by atoms with Gasteiger partial charge in [0.25, 0.3) is 0 Å². The average molecular weight is 552 g/mol. The molecule has 2 N–H and O–H groups in total. The second-order valence-electron chi connectivity index (χ2n) is 9.55. The van der Waals surface area contributed by atoms with E-state index >= 15 is 4.39 Å². The van der Waals surface area contributed by atoms with Gasteiger partial charge in [0.05, 0.1) is 29.2 Å². The third-order valence-corrected chi connectivity index (χ3v) is 8.65. The number of nitriles is 1. The van der Waals surface area contributed by atoms with Crippen LogP contribution in [0.3, 0.4) is 0 Å². The van der Waals surface area contributed by atoms with Crippen LogP contribution in [0.15, 0.2) is 24.5 Å². The number of fused-ring (bicyclic) bond motifs is 4. The van der Waals surface area contributed by atoms with Crippen LogP contribution in [0.4, 0.5) is 10.2 Å². The largest absolute Gasteiger partial charge is 0.466 e. The number of thiophene rings is 1. The number of anilines is 1. The molecule has 38 heavy (non-hydrogen) atoms. The minimum absolute atomic E-state index is 0.00640. The molecule has 0 radical (unpaired) electrons. The van der Waals surface area contributed by atoms with E-state index in [0.29, 0.717) is 33.1 Å². The number of carbonyl (C=O) groups is 1. The second-order valence-corrected chi connectivity index (χ2v) is 11.0. The van der Waals surface area contributed by atoms with Crippen molar-refractivity contribution in [3.05, 3.63) is 40.4 Å². The Kier molecular flexibility index (Phi) is 6.45. The molecule has 3 saturated carbocycles. The summed E-state index contributed by atoms with van der Waals surface area (Å²) in [6, 6.07) is 5.06. The van der Waals surface area contributed by atoms with Gasteiger partial charge in [0, 0.05) is 12.2 Å². The molecule has 194 valence electrons. The zero-order valence-corrected chi connectivity index (χ0v) is 21.9. The lowest BCUT2D eigenvalue weighted by Gasteiger charge is -2.47. The van der Waals surface area contributed by atoms with Crippen molar-refractivity contribution in [3.63, 3.8) is 0 Å². The molecular formula is C26H23ClFN7O2S. The summed E-state index contributed by atoms with van der Waals surface area (Å²) in [5, 5.41) is 12.8. The first kappa shape index (κ1) is 24.7. The Morgan fingerprint density at radius 1 is 1.26 bits per heavy atom. The van der Waals surface area contributed by atoms with Gasteiger partial charge in [-0.05, 0) is 56.6 Å². The number of hydrogen-bond donors (Lipinski definition) is 2. The first-order valence-corrected chi connectivity index (χ1v) is 13.7. The Morgan fingerprint density at radius 2 is 2.05 bits per heavy atom. The number of rotatable bonds is 6. The van der Waals surface area contributed by atoms with E-state index in [1.165, 1.54) is 6.20 Å². The van der Waals surface area contributed by atoms with Crippen molar-refractivity contribution >= 4 is 45.9 Å². The van der Waals surface area contributed by atoms with E-state index in [-0.39, 0.29) is 52.3 Å². The van der Waals surface area contributed by atoms with Crippen LogP contribution < -0.4 is 5.32 Å². The monoisotopic (exact) mass is 551 g/mol. The molecule has 12 heteroatoms. The van der Waals surface area contributed by atoms with Gasteiger partial charge in [-0.3, -0.25) is 4.79 Å². The zero-order chi connectivity index (χ0) is 26.4. The van der Waals surface area contributed by atoms with Gasteiger partial charge in [0.2, 0.25) is 0 Å². The molecule has 0 spiro atoms. The molecule has 3 aliphatic carbocycles. The van der Waals surface area contributed by atoms with E-state index in [4.69, 9.17) is 16.3 Å². The van der Waals surface area contributed by atoms with Crippen LogP contribution in [0.5, 0.6) is 0 Å². The standard InChI is InChI=1S/C26H23ClFN7O2S/c1-2-37-26(36)18-12-3-5-13(6-4-12)20(18)33-24-19(28)22(16-8-7-14(9-29)38-16)34-23(35-24)15-10-30-25-21(15)32-17(27)11-31-25/h7-8,10-13,18,20H,2-6H2,1H3,(H,30,31)(H,33,34,35)/t12?,13?,18-,20-/m0/s1. The molecule has 3 aliphatic rings. The highest BCUT2D eigenvalue weighted by atomic mass is 35.5. The summed E-state index contributed by atoms with van der Waals surface area (Å²) in [6.45, 7) is 2.08. The summed E-state index contributed by atoms with van der Waals surface area (Å²) in [6.07, 6.45) is 6.90. The van der Waals surface area contributed by atoms with Crippen LogP contribution in [0.25, 0.3) is 33.1 Å². The lowest BCUT2D eigenvalue weighted by Crippen LogP contribution is -2.52. The quantitative estimate of drug-likeness (QED) is 0.297. The van der Waals surface area contributed by atoms with Crippen molar-refractivity contribution in [1.29, 1.82) is 5.26 Å². The molecule has 0 amide bonds. The molecule has 3 fully saturated rings. The molecule has 2 atom stereocenters. The Labute approximate surface area is 226 Å². The first-order chi connectivity index (χ1) is 18.5. The average Bonchev–Trinajstić information content (AvgIpc) is 3.57. The maximum atomic E-state index is 16.1. The second kappa shape index (κ2) is 9.93. The number of nitrogens with one attached hydrogen (secondary N) is 2. The minimum atomic E-state index is -0.645. The van der Waals surface area contributed by atoms with Crippen molar-refractivity contribution in [3.8, 4) is 28.0 Å². The lowest BCUT2D eigenvalue weighted by molar-refractivity contribution is -0.154. The van der Waals surface area contributed by atoms with Gasteiger partial charge >= 0.3 is 5.97 Å². The first-order valence-electron chi connectivity index (χ1n) is 12.5. The van der Waals surface area contributed by atoms with Gasteiger partial charge < -0.3 is 15.0 Å². The number of carbonyl (C=O) groups excluding carboxylic acids is 1. The van der Waals surface area contributed by atoms with Crippen molar-refractivity contribution in [1.82, 2.24) is 24.9 Å². The van der Waals surface area contributed by atoms with Gasteiger partial charge in [-0.1, -0.05) is 11.6 Å². The van der Waals surface area contributed by atoms with Gasteiger partial charge in [-0.15, -0.1) is 11.3 Å². The molecule has 9 nitrogen and oxygen atoms in total. The third kappa shape index (κ3) is 4.27. The molecule has 0 unspecified atom stereocenters. The van der Waals surface area contributed by atoms with E-state index in [1.54, 1.807) is 25.3 Å². The fourth-order valence-electron chi connectivity index (χ4n) is 5.78. The topological polar surface area (TPSA) is 129 Å². The predicted octanol–water partition coefficient (Wildman–Crippen LogP) is 5.59. The smallest absolute Gasteiger partial charge is 0.311 e. The molecule has 4 aromatic rings. The van der Waals surface area contributed by atoms with Gasteiger partial charge in [-0.25, -0.2) is 24.3 Å². The van der Waals surface area contributed by atoms with E-state index in [2.05, 4.69) is 36.3 Å². The summed E-state index contributed by atoms with van der Waals surface area (Å²) in [5.41, 5.74) is 1.50. The fourth-order valence-corrected chi connectivity index (χ4v) is 6.70. The predicted molar refractivity (Wildman–Crippen MR) is 141 cm³/mol. The highest BCUT2D eigenvalue weighted by Gasteiger charge is 2.48. The molecule has 0 aliphatic heterocycles. The lowest BCUT2D eigenvalue weighted by atomic mass is 9.61. The zero-order valence-electron chi connectivity index (χ0n) is 20.4. The van der Waals surface area contributed by atoms with Crippen LogP contribution in [-0.2, 0) is 9.53 Å². The molecule has 2 bridgehead atoms. The summed E-state index contributed by atoms with van der Waals surface area (Å²) in [7, 11) is 0. The summed E-state index contributed by atoms with van der Waals surface area (Å²) < 4.78 is 21.5. The highest BCUT2D eigenvalue weighted by Crippen LogP contribution is 2.47. The van der Waals surface area contributed by atoms with Crippen molar-refractivity contribution in [2.24, 2.45) is 17.8 Å². The Hall–Kier alpha value is -3.62. The number of ether oxygens (including phenoxy) is 1. The van der Waals surface area contributed by atoms with Crippen LogP contribution >= 0.6 is 22.9 Å². The van der Waals surface area contributed by atoms with Crippen LogP contribution in [-0.4, -0.2) is 43.5 Å². The highest BCUT2D eigenvalue weighted by molar-refractivity contribution is 7.15. The van der Waals surface area contributed by atoms with E-state index in [0.717, 1.165) is 37.0 Å². The van der Waals surface area contributed by atoms with Gasteiger partial charge in [0.15, 0.2) is 23.1 Å². The molecule has 4 heterocycles. The molecule has 0 aromatic carbocycles. The minimum Gasteiger partial charge on any atom is -0.466 e. The van der Waals surface area contributed by atoms with E-state index < -0.39 is 5.82 Å². The maximum Gasteiger partial charge on any atom is 0.311 e. The fraction of sp³-hybridized carbons (Fsp3) is 0.385. The number of H-pyrrole nitrogens is 1. The number of aromatic nitrogens is 5. The molecular weight excluding hydrogens is 529 g/mol. The van der Waals surface area contributed by atoms with E-state index in [1.807, 2.05) is 0 Å². The maximum absolute atomic E-state index is 16.1. The summed E-state index contributed by atoms with van der Waals surface area (Å²) in [4.78, 5) is 34.7. The Morgan fingerprint density at radius 3 is 2.79 bits per heavy atom. The van der Waals surface area contributed by atoms with Crippen molar-refractivity contribution < 1.29 is 13.9 Å². The number of hydrogen-bond acceptors (Lipinski definition) is 9. The number of halogens is 2. The molecule has 7 rings (SSSR count). The Balaban J connectivity index is 1.48. The Bertz CT molecular complexity index is 1570. The summed E-state index contributed by atoms with van der Waals surface area (Å²) >= 11 is 7.24. The SMILES string of the molecule is CCOC(=O)[C@H]1C2CCC(CC2)[C@@H]1Nc1nc(-c2c[nH]c3ncc(Cl)nc23)nc(-c2ccc(C#N)s2)c1F. The number of aromatic amines is 1. The van der Waals surface area contributed by atoms with Crippen LogP contribution in [0.1, 0.15) is 37.5 Å². The van der Waals surface area contributed by atoms with Gasteiger partial charge in [0.1, 0.15) is 27.3 Å². The third-order valence-electron chi connectivity index (χ3n) is 7.47. The number of nitrogens with zero attached hydrogens (tertiary/aromatic N) is 5. The number of esters is 1. The summed E-state index contributed by atoms with van der Waals surface area (Å²) in [5.74, 6) is -0.697. The van der Waals surface area contributed by atoms with Crippen molar-refractivity contribution in [2.75, 3.05) is 11.9 Å². The van der Waals surface area contributed by atoms with Crippen LogP contribution in [0.2, 0.25) is 5.15 Å².